The highest BCUT2D eigenvalue weighted by molar-refractivity contribution is 7.89. The standard InChI is InChI=1S/C20H26N4O3S/c1-16(20(25)22-18-8-5-9-19(14-18)28(21,26)27)24-12-10-23(11-13-24)15-17-6-3-2-4-7-17/h2-9,14,16H,10-13,15H2,1H3,(H,22,25)(H2,21,26,27)/t16-/m0/s1. The van der Waals surface area contributed by atoms with Crippen molar-refractivity contribution in [1.29, 1.82) is 0 Å². The molecule has 3 rings (SSSR count). The van der Waals surface area contributed by atoms with Gasteiger partial charge in [-0.3, -0.25) is 14.6 Å². The summed E-state index contributed by atoms with van der Waals surface area (Å²) in [7, 11) is -3.80. The fourth-order valence-corrected chi connectivity index (χ4v) is 3.87. The quantitative estimate of drug-likeness (QED) is 0.763. The lowest BCUT2D eigenvalue weighted by atomic mass is 10.1. The molecule has 1 heterocycles. The Kier molecular flexibility index (Phi) is 6.46. The van der Waals surface area contributed by atoms with Gasteiger partial charge in [-0.05, 0) is 30.7 Å². The second kappa shape index (κ2) is 8.83. The van der Waals surface area contributed by atoms with E-state index in [2.05, 4.69) is 27.2 Å². The number of nitrogens with two attached hydrogens (primary N) is 1. The van der Waals surface area contributed by atoms with Crippen LogP contribution in [0.1, 0.15) is 12.5 Å². The maximum absolute atomic E-state index is 12.6. The molecule has 3 N–H and O–H groups in total. The van der Waals surface area contributed by atoms with Crippen molar-refractivity contribution >= 4 is 21.6 Å². The van der Waals surface area contributed by atoms with E-state index in [9.17, 15) is 13.2 Å². The lowest BCUT2D eigenvalue weighted by molar-refractivity contribution is -0.121. The Bertz CT molecular complexity index is 910. The van der Waals surface area contributed by atoms with Gasteiger partial charge in [0, 0.05) is 38.4 Å². The number of sulfonamides is 1. The number of carbonyl (C=O) groups is 1. The molecule has 1 aliphatic rings. The van der Waals surface area contributed by atoms with E-state index in [4.69, 9.17) is 5.14 Å². The summed E-state index contributed by atoms with van der Waals surface area (Å²) in [6.07, 6.45) is 0. The van der Waals surface area contributed by atoms with Gasteiger partial charge in [0.1, 0.15) is 0 Å². The summed E-state index contributed by atoms with van der Waals surface area (Å²) in [4.78, 5) is 17.1. The zero-order chi connectivity index (χ0) is 20.1. The van der Waals surface area contributed by atoms with Gasteiger partial charge in [-0.15, -0.1) is 0 Å². The Morgan fingerprint density at radius 3 is 2.39 bits per heavy atom. The van der Waals surface area contributed by atoms with Crippen molar-refractivity contribution in [2.45, 2.75) is 24.4 Å². The Labute approximate surface area is 166 Å². The maximum Gasteiger partial charge on any atom is 0.241 e. The van der Waals surface area contributed by atoms with Crippen molar-refractivity contribution in [1.82, 2.24) is 9.80 Å². The van der Waals surface area contributed by atoms with Crippen LogP contribution in [0.2, 0.25) is 0 Å². The van der Waals surface area contributed by atoms with Gasteiger partial charge in [0.25, 0.3) is 0 Å². The minimum atomic E-state index is -3.80. The van der Waals surface area contributed by atoms with Crippen LogP contribution in [-0.4, -0.2) is 56.3 Å². The molecule has 0 saturated carbocycles. The van der Waals surface area contributed by atoms with E-state index in [1.54, 1.807) is 12.1 Å². The lowest BCUT2D eigenvalue weighted by Crippen LogP contribution is -2.52. The van der Waals surface area contributed by atoms with Gasteiger partial charge in [0.05, 0.1) is 10.9 Å². The van der Waals surface area contributed by atoms with Gasteiger partial charge < -0.3 is 5.32 Å². The second-order valence-electron chi connectivity index (χ2n) is 7.04. The molecule has 1 saturated heterocycles. The Balaban J connectivity index is 1.53. The monoisotopic (exact) mass is 402 g/mol. The lowest BCUT2D eigenvalue weighted by Gasteiger charge is -2.37. The third-order valence-electron chi connectivity index (χ3n) is 5.01. The maximum atomic E-state index is 12.6. The molecule has 1 amide bonds. The summed E-state index contributed by atoms with van der Waals surface area (Å²) < 4.78 is 22.9. The van der Waals surface area contributed by atoms with Crippen molar-refractivity contribution in [2.24, 2.45) is 5.14 Å². The van der Waals surface area contributed by atoms with E-state index in [1.807, 2.05) is 25.1 Å². The van der Waals surface area contributed by atoms with Gasteiger partial charge in [0.2, 0.25) is 15.9 Å². The fourth-order valence-electron chi connectivity index (χ4n) is 3.31. The van der Waals surface area contributed by atoms with Crippen LogP contribution >= 0.6 is 0 Å². The molecular weight excluding hydrogens is 376 g/mol. The molecule has 1 atom stereocenters. The number of hydrogen-bond acceptors (Lipinski definition) is 5. The Morgan fingerprint density at radius 2 is 1.75 bits per heavy atom. The average molecular weight is 403 g/mol. The molecule has 1 fully saturated rings. The van der Waals surface area contributed by atoms with E-state index in [0.717, 1.165) is 32.7 Å². The zero-order valence-electron chi connectivity index (χ0n) is 15.9. The SMILES string of the molecule is C[C@@H](C(=O)Nc1cccc(S(N)(=O)=O)c1)N1CCN(Cc2ccccc2)CC1. The number of rotatable bonds is 6. The van der Waals surface area contributed by atoms with Crippen LogP contribution < -0.4 is 10.5 Å². The van der Waals surface area contributed by atoms with Gasteiger partial charge in [0.15, 0.2) is 0 Å². The summed E-state index contributed by atoms with van der Waals surface area (Å²) >= 11 is 0. The van der Waals surface area contributed by atoms with Gasteiger partial charge >= 0.3 is 0 Å². The van der Waals surface area contributed by atoms with E-state index < -0.39 is 10.0 Å². The molecule has 2 aromatic carbocycles. The van der Waals surface area contributed by atoms with Crippen molar-refractivity contribution < 1.29 is 13.2 Å². The number of nitrogens with one attached hydrogen (secondary N) is 1. The predicted octanol–water partition coefficient (Wildman–Crippen LogP) is 1.48. The highest BCUT2D eigenvalue weighted by Gasteiger charge is 2.25. The number of carbonyl (C=O) groups excluding carboxylic acids is 1. The molecule has 8 heteroatoms. The number of amides is 1. The second-order valence-corrected chi connectivity index (χ2v) is 8.60. The smallest absolute Gasteiger partial charge is 0.241 e. The molecule has 0 unspecified atom stereocenters. The van der Waals surface area contributed by atoms with E-state index in [-0.39, 0.29) is 16.8 Å². The first-order valence-corrected chi connectivity index (χ1v) is 10.8. The molecule has 2 aromatic rings. The van der Waals surface area contributed by atoms with Crippen molar-refractivity contribution in [3.8, 4) is 0 Å². The number of anilines is 1. The highest BCUT2D eigenvalue weighted by atomic mass is 32.2. The molecule has 0 radical (unpaired) electrons. The van der Waals surface area contributed by atoms with Crippen LogP contribution in [0.4, 0.5) is 5.69 Å². The molecule has 0 aromatic heterocycles. The predicted molar refractivity (Wildman–Crippen MR) is 109 cm³/mol. The van der Waals surface area contributed by atoms with Crippen molar-refractivity contribution in [3.05, 3.63) is 60.2 Å². The number of nitrogens with zero attached hydrogens (tertiary/aromatic N) is 2. The number of benzene rings is 2. The minimum absolute atomic E-state index is 0.0209. The largest absolute Gasteiger partial charge is 0.325 e. The molecule has 28 heavy (non-hydrogen) atoms. The van der Waals surface area contributed by atoms with Gasteiger partial charge in [-0.25, -0.2) is 13.6 Å². The first-order valence-electron chi connectivity index (χ1n) is 9.27. The summed E-state index contributed by atoms with van der Waals surface area (Å²) in [6, 6.07) is 16.0. The van der Waals surface area contributed by atoms with E-state index >= 15 is 0 Å². The van der Waals surface area contributed by atoms with Crippen molar-refractivity contribution in [3.63, 3.8) is 0 Å². The zero-order valence-corrected chi connectivity index (χ0v) is 16.7. The van der Waals surface area contributed by atoms with Crippen LogP contribution in [-0.2, 0) is 21.4 Å². The average Bonchev–Trinajstić information content (AvgIpc) is 2.68. The summed E-state index contributed by atoms with van der Waals surface area (Å²) in [5.74, 6) is -0.164. The first-order chi connectivity index (χ1) is 13.3. The molecule has 7 nitrogen and oxygen atoms in total. The molecule has 0 bridgehead atoms. The Hall–Kier alpha value is -2.26. The van der Waals surface area contributed by atoms with Gasteiger partial charge in [-0.1, -0.05) is 36.4 Å². The van der Waals surface area contributed by atoms with Crippen LogP contribution in [0.25, 0.3) is 0 Å². The van der Waals surface area contributed by atoms with Crippen LogP contribution in [0.15, 0.2) is 59.5 Å². The first kappa shape index (κ1) is 20.5. The van der Waals surface area contributed by atoms with Crippen LogP contribution in [0.5, 0.6) is 0 Å². The normalized spacial score (nSPS) is 17.2. The van der Waals surface area contributed by atoms with Crippen molar-refractivity contribution in [2.75, 3.05) is 31.5 Å². The topological polar surface area (TPSA) is 95.7 Å². The molecular formula is C20H26N4O3S. The summed E-state index contributed by atoms with van der Waals surface area (Å²) in [6.45, 7) is 6.18. The summed E-state index contributed by atoms with van der Waals surface area (Å²) in [5.41, 5.74) is 1.71. The van der Waals surface area contributed by atoms with Gasteiger partial charge in [-0.2, -0.15) is 0 Å². The number of primary sulfonamides is 1. The number of piperazine rings is 1. The van der Waals surface area contributed by atoms with E-state index in [1.165, 1.54) is 17.7 Å². The Morgan fingerprint density at radius 1 is 1.07 bits per heavy atom. The third-order valence-corrected chi connectivity index (χ3v) is 5.92. The summed E-state index contributed by atoms with van der Waals surface area (Å²) in [5, 5.41) is 7.94. The molecule has 150 valence electrons. The molecule has 0 aliphatic carbocycles. The van der Waals surface area contributed by atoms with Crippen LogP contribution in [0, 0.1) is 0 Å². The molecule has 1 aliphatic heterocycles. The number of hydrogen-bond donors (Lipinski definition) is 2. The molecule has 0 spiro atoms. The third kappa shape index (κ3) is 5.39. The van der Waals surface area contributed by atoms with Crippen LogP contribution in [0.3, 0.4) is 0 Å². The fraction of sp³-hybridized carbons (Fsp3) is 0.350. The minimum Gasteiger partial charge on any atom is -0.325 e. The highest BCUT2D eigenvalue weighted by Crippen LogP contribution is 2.16. The van der Waals surface area contributed by atoms with E-state index in [0.29, 0.717) is 5.69 Å².